The lowest BCUT2D eigenvalue weighted by atomic mass is 9.43. The van der Waals surface area contributed by atoms with E-state index in [2.05, 4.69) is 24.3 Å². The second kappa shape index (κ2) is 9.40. The molecular weight excluding hydrogens is 404 g/mol. The lowest BCUT2D eigenvalue weighted by Gasteiger charge is -2.63. The first-order valence-corrected chi connectivity index (χ1v) is 13.0. The number of nitrogens with zero attached hydrogens (tertiary/aromatic N) is 1. The standard InChI is InChI=1S/C25H46N4O3/c1-23-10-8-19(30)16-18(23)5-6-21-20(23)9-11-24(2)17(7-12-25(21,24)31)4-3-13-29-32-15-14-28-22(26)27/h17-21,29-31H,3-16H2,1-2H3,(H4,26,27,28)/t17?,18?,19?,20-,21-,23+,24-,25-/m1/s1. The van der Waals surface area contributed by atoms with Crippen molar-refractivity contribution < 1.29 is 15.1 Å². The van der Waals surface area contributed by atoms with E-state index < -0.39 is 5.60 Å². The number of nitrogens with one attached hydrogen (secondary N) is 1. The number of hydrogen-bond acceptors (Lipinski definition) is 5. The molecule has 0 aliphatic heterocycles. The van der Waals surface area contributed by atoms with Gasteiger partial charge in [0.15, 0.2) is 5.96 Å². The maximum absolute atomic E-state index is 12.2. The summed E-state index contributed by atoms with van der Waals surface area (Å²) in [4.78, 5) is 9.31. The van der Waals surface area contributed by atoms with Crippen LogP contribution in [-0.2, 0) is 4.84 Å². The van der Waals surface area contributed by atoms with Gasteiger partial charge in [-0.25, -0.2) is 5.48 Å². The first kappa shape index (κ1) is 24.2. The van der Waals surface area contributed by atoms with Crippen molar-refractivity contribution in [1.29, 1.82) is 0 Å². The fourth-order valence-electron chi connectivity index (χ4n) is 8.56. The maximum Gasteiger partial charge on any atom is 0.185 e. The Kier molecular flexibility index (Phi) is 7.12. The van der Waals surface area contributed by atoms with Gasteiger partial charge in [0.1, 0.15) is 0 Å². The van der Waals surface area contributed by atoms with E-state index in [9.17, 15) is 10.2 Å². The molecule has 4 rings (SSSR count). The molecule has 0 aromatic heterocycles. The van der Waals surface area contributed by atoms with Crippen LogP contribution in [-0.4, -0.2) is 47.6 Å². The van der Waals surface area contributed by atoms with Gasteiger partial charge >= 0.3 is 0 Å². The van der Waals surface area contributed by atoms with Crippen LogP contribution < -0.4 is 16.9 Å². The summed E-state index contributed by atoms with van der Waals surface area (Å²) in [6.07, 6.45) is 11.9. The number of rotatable bonds is 8. The van der Waals surface area contributed by atoms with E-state index in [-0.39, 0.29) is 17.5 Å². The Morgan fingerprint density at radius 3 is 2.66 bits per heavy atom. The number of aliphatic hydroxyl groups is 2. The van der Waals surface area contributed by atoms with Crippen molar-refractivity contribution in [3.63, 3.8) is 0 Å². The van der Waals surface area contributed by atoms with Crippen molar-refractivity contribution in [3.8, 4) is 0 Å². The summed E-state index contributed by atoms with van der Waals surface area (Å²) in [5, 5.41) is 22.5. The van der Waals surface area contributed by atoms with E-state index in [1.54, 1.807) is 0 Å². The van der Waals surface area contributed by atoms with Gasteiger partial charge in [-0.05, 0) is 105 Å². The van der Waals surface area contributed by atoms with Gasteiger partial charge in [0.05, 0.1) is 24.9 Å². The molecule has 184 valence electrons. The van der Waals surface area contributed by atoms with Gasteiger partial charge in [-0.3, -0.25) is 9.83 Å². The summed E-state index contributed by atoms with van der Waals surface area (Å²) < 4.78 is 0. The highest BCUT2D eigenvalue weighted by Crippen LogP contribution is 2.69. The van der Waals surface area contributed by atoms with Crippen LogP contribution in [0.5, 0.6) is 0 Å². The smallest absolute Gasteiger partial charge is 0.185 e. The fourth-order valence-corrected chi connectivity index (χ4v) is 8.56. The Bertz CT molecular complexity index is 686. The number of aliphatic hydroxyl groups excluding tert-OH is 1. The number of hydrogen-bond donors (Lipinski definition) is 5. The molecule has 7 N–H and O–H groups in total. The molecule has 0 aromatic rings. The van der Waals surface area contributed by atoms with Crippen LogP contribution in [0.1, 0.15) is 84.5 Å². The predicted molar refractivity (Wildman–Crippen MR) is 127 cm³/mol. The van der Waals surface area contributed by atoms with E-state index in [0.717, 1.165) is 64.3 Å². The summed E-state index contributed by atoms with van der Waals surface area (Å²) >= 11 is 0. The second-order valence-corrected chi connectivity index (χ2v) is 11.7. The summed E-state index contributed by atoms with van der Waals surface area (Å²) in [6.45, 7) is 6.60. The third kappa shape index (κ3) is 4.19. The highest BCUT2D eigenvalue weighted by atomic mass is 16.6. The zero-order valence-electron chi connectivity index (χ0n) is 20.2. The molecule has 4 aliphatic rings. The maximum atomic E-state index is 12.2. The quantitative estimate of drug-likeness (QED) is 0.167. The molecule has 4 fully saturated rings. The molecule has 0 saturated heterocycles. The van der Waals surface area contributed by atoms with Crippen molar-refractivity contribution in [2.24, 2.45) is 51.0 Å². The Hall–Kier alpha value is -0.890. The first-order chi connectivity index (χ1) is 15.2. The third-order valence-electron chi connectivity index (χ3n) is 10.4. The number of aliphatic imine (C=N–C) groups is 1. The van der Waals surface area contributed by atoms with Gasteiger partial charge in [0.25, 0.3) is 0 Å². The largest absolute Gasteiger partial charge is 0.393 e. The Labute approximate surface area is 193 Å². The summed E-state index contributed by atoms with van der Waals surface area (Å²) in [6, 6.07) is 0. The predicted octanol–water partition coefficient (Wildman–Crippen LogP) is 2.70. The molecule has 0 spiro atoms. The SMILES string of the molecule is C[C@]12CCC(O)CC1CC[C@@H]1[C@H]2CC[C@]2(C)C(CCCNOCCN=C(N)N)CC[C@@]12O. The van der Waals surface area contributed by atoms with Crippen molar-refractivity contribution in [3.05, 3.63) is 0 Å². The average molecular weight is 451 g/mol. The minimum Gasteiger partial charge on any atom is -0.393 e. The van der Waals surface area contributed by atoms with E-state index in [0.29, 0.717) is 42.2 Å². The minimum absolute atomic E-state index is 0.0275. The summed E-state index contributed by atoms with van der Waals surface area (Å²) in [5.41, 5.74) is 13.5. The number of guanidine groups is 1. The van der Waals surface area contributed by atoms with E-state index in [4.69, 9.17) is 16.3 Å². The molecule has 7 heteroatoms. The monoisotopic (exact) mass is 450 g/mol. The number of hydroxylamine groups is 1. The Morgan fingerprint density at radius 2 is 1.88 bits per heavy atom. The fraction of sp³-hybridized carbons (Fsp3) is 0.960. The minimum atomic E-state index is -0.519. The number of fused-ring (bicyclic) bond motifs is 5. The summed E-state index contributed by atoms with van der Waals surface area (Å²) in [5.74, 6) is 2.35. The molecular formula is C25H46N4O3. The molecule has 4 aliphatic carbocycles. The van der Waals surface area contributed by atoms with Gasteiger partial charge in [0.2, 0.25) is 0 Å². The van der Waals surface area contributed by atoms with E-state index in [1.807, 2.05) is 0 Å². The van der Waals surface area contributed by atoms with Gasteiger partial charge in [-0.15, -0.1) is 0 Å². The van der Waals surface area contributed by atoms with Gasteiger partial charge < -0.3 is 21.7 Å². The molecule has 0 bridgehead atoms. The van der Waals surface area contributed by atoms with Crippen LogP contribution in [0.25, 0.3) is 0 Å². The highest BCUT2D eigenvalue weighted by Gasteiger charge is 2.66. The van der Waals surface area contributed by atoms with Crippen LogP contribution in [0.3, 0.4) is 0 Å². The molecule has 3 unspecified atom stereocenters. The molecule has 0 aromatic carbocycles. The van der Waals surface area contributed by atoms with Gasteiger partial charge in [-0.2, -0.15) is 0 Å². The van der Waals surface area contributed by atoms with Crippen LogP contribution in [0.2, 0.25) is 0 Å². The van der Waals surface area contributed by atoms with Gasteiger partial charge in [-0.1, -0.05) is 13.8 Å². The van der Waals surface area contributed by atoms with Crippen molar-refractivity contribution in [2.45, 2.75) is 96.2 Å². The van der Waals surface area contributed by atoms with Crippen molar-refractivity contribution in [2.75, 3.05) is 19.7 Å². The summed E-state index contributed by atoms with van der Waals surface area (Å²) in [7, 11) is 0. The topological polar surface area (TPSA) is 126 Å². The van der Waals surface area contributed by atoms with Gasteiger partial charge in [0, 0.05) is 6.54 Å². The molecule has 32 heavy (non-hydrogen) atoms. The molecule has 4 saturated carbocycles. The second-order valence-electron chi connectivity index (χ2n) is 11.7. The average Bonchev–Trinajstić information content (AvgIpc) is 3.01. The van der Waals surface area contributed by atoms with Crippen molar-refractivity contribution in [1.82, 2.24) is 5.48 Å². The molecule has 7 nitrogen and oxygen atoms in total. The number of nitrogens with two attached hydrogens (primary N) is 2. The molecule has 0 amide bonds. The zero-order valence-corrected chi connectivity index (χ0v) is 20.2. The van der Waals surface area contributed by atoms with E-state index >= 15 is 0 Å². The lowest BCUT2D eigenvalue weighted by Crippen LogP contribution is -2.62. The normalized spacial score (nSPS) is 45.6. The lowest BCUT2D eigenvalue weighted by molar-refractivity contribution is -0.210. The van der Waals surface area contributed by atoms with E-state index in [1.165, 1.54) is 12.8 Å². The Morgan fingerprint density at radius 1 is 1.06 bits per heavy atom. The highest BCUT2D eigenvalue weighted by molar-refractivity contribution is 5.75. The van der Waals surface area contributed by atoms with Crippen LogP contribution in [0.4, 0.5) is 0 Å². The molecule has 0 heterocycles. The van der Waals surface area contributed by atoms with Crippen LogP contribution in [0, 0.1) is 34.5 Å². The van der Waals surface area contributed by atoms with Crippen LogP contribution >= 0.6 is 0 Å². The van der Waals surface area contributed by atoms with Crippen LogP contribution in [0.15, 0.2) is 4.99 Å². The zero-order chi connectivity index (χ0) is 23.0. The van der Waals surface area contributed by atoms with Crippen molar-refractivity contribution >= 4 is 5.96 Å². The molecule has 0 radical (unpaired) electrons. The Balaban J connectivity index is 1.32. The molecule has 8 atom stereocenters. The third-order valence-corrected chi connectivity index (χ3v) is 10.4. The first-order valence-electron chi connectivity index (χ1n) is 13.0.